The highest BCUT2D eigenvalue weighted by atomic mass is 32.3. The Balaban J connectivity index is 1.80. The predicted octanol–water partition coefficient (Wildman–Crippen LogP) is 4.29. The monoisotopic (exact) mass is 332 g/mol. The summed E-state index contributed by atoms with van der Waals surface area (Å²) >= 11 is 9.39. The molecule has 3 aliphatic rings. The maximum Gasteiger partial charge on any atom is 0.171 e. The molecule has 2 aliphatic heterocycles. The van der Waals surface area contributed by atoms with Crippen molar-refractivity contribution < 1.29 is 0 Å². The molecule has 0 amide bonds. The Morgan fingerprint density at radius 1 is 1.10 bits per heavy atom. The summed E-state index contributed by atoms with van der Waals surface area (Å²) in [4.78, 5) is 0. The molecular weight excluding hydrogens is 316 g/mol. The topological polar surface area (TPSA) is 24.1 Å². The molecule has 1 fully saturated rings. The van der Waals surface area contributed by atoms with Crippen molar-refractivity contribution in [3.63, 3.8) is 0 Å². The van der Waals surface area contributed by atoms with E-state index in [1.165, 1.54) is 44.6 Å². The van der Waals surface area contributed by atoms with E-state index in [-0.39, 0.29) is 6.04 Å². The van der Waals surface area contributed by atoms with Crippen LogP contribution >= 0.6 is 35.7 Å². The first-order chi connectivity index (χ1) is 10.3. The molecule has 1 aliphatic carbocycles. The van der Waals surface area contributed by atoms with Crippen molar-refractivity contribution in [2.24, 2.45) is 0 Å². The van der Waals surface area contributed by atoms with Gasteiger partial charge in [0.2, 0.25) is 0 Å². The quantitative estimate of drug-likeness (QED) is 0.747. The van der Waals surface area contributed by atoms with Crippen LogP contribution in [0.4, 0.5) is 0 Å². The second kappa shape index (κ2) is 5.71. The molecule has 4 rings (SSSR count). The Morgan fingerprint density at radius 2 is 1.90 bits per heavy atom. The summed E-state index contributed by atoms with van der Waals surface area (Å²) < 4.78 is 1.49. The number of nitrogens with one attached hydrogen (secondary N) is 2. The van der Waals surface area contributed by atoms with Crippen LogP contribution < -0.4 is 10.6 Å². The van der Waals surface area contributed by atoms with Crippen LogP contribution in [0.2, 0.25) is 0 Å². The fourth-order valence-electron chi connectivity index (χ4n) is 3.14. The third-order valence-electron chi connectivity index (χ3n) is 4.12. The van der Waals surface area contributed by atoms with Crippen molar-refractivity contribution in [2.45, 2.75) is 25.3 Å². The Morgan fingerprint density at radius 3 is 2.62 bits per heavy atom. The fourth-order valence-corrected chi connectivity index (χ4v) is 5.06. The van der Waals surface area contributed by atoms with Crippen LogP contribution in [-0.2, 0) is 0 Å². The van der Waals surface area contributed by atoms with Gasteiger partial charge in [-0.3, -0.25) is 0 Å². The van der Waals surface area contributed by atoms with Crippen LogP contribution in [0.15, 0.2) is 51.4 Å². The molecule has 0 saturated carbocycles. The Bertz CT molecular complexity index is 643. The molecule has 0 bridgehead atoms. The summed E-state index contributed by atoms with van der Waals surface area (Å²) in [5.41, 5.74) is 5.56. The zero-order chi connectivity index (χ0) is 14.2. The highest BCUT2D eigenvalue weighted by Gasteiger charge is 2.32. The third-order valence-corrected chi connectivity index (χ3v) is 7.00. The third kappa shape index (κ3) is 2.51. The summed E-state index contributed by atoms with van der Waals surface area (Å²) in [5, 5.41) is 8.82. The standard InChI is InChI=1S/C16H16N2S3/c19-16-17-13(10-5-2-1-3-6-10)11-7-4-8-12(14(11)18-16)15-20-9-21-15/h1-3,5-6,13H,4,7-9H2,(H2,17,18,19). The molecule has 0 radical (unpaired) electrons. The molecule has 2 nitrogen and oxygen atoms in total. The average Bonchev–Trinajstić information content (AvgIpc) is 2.46. The number of hydrogen-bond donors (Lipinski definition) is 2. The van der Waals surface area contributed by atoms with Crippen molar-refractivity contribution in [2.75, 3.05) is 5.08 Å². The molecule has 2 N–H and O–H groups in total. The van der Waals surface area contributed by atoms with E-state index >= 15 is 0 Å². The summed E-state index contributed by atoms with van der Waals surface area (Å²) in [5.74, 6) is 0. The number of hydrogen-bond acceptors (Lipinski definition) is 3. The molecule has 0 aromatic heterocycles. The molecule has 0 spiro atoms. The van der Waals surface area contributed by atoms with Crippen LogP contribution in [-0.4, -0.2) is 10.2 Å². The minimum atomic E-state index is 0.223. The van der Waals surface area contributed by atoms with Crippen molar-refractivity contribution in [3.8, 4) is 0 Å². The van der Waals surface area contributed by atoms with Gasteiger partial charge < -0.3 is 10.6 Å². The van der Waals surface area contributed by atoms with Gasteiger partial charge >= 0.3 is 0 Å². The summed E-state index contributed by atoms with van der Waals surface area (Å²) in [6, 6.07) is 10.9. The summed E-state index contributed by atoms with van der Waals surface area (Å²) in [6.45, 7) is 0. The van der Waals surface area contributed by atoms with Crippen LogP contribution in [0.25, 0.3) is 0 Å². The van der Waals surface area contributed by atoms with E-state index in [4.69, 9.17) is 12.2 Å². The minimum Gasteiger partial charge on any atom is -0.352 e. The van der Waals surface area contributed by atoms with E-state index in [9.17, 15) is 0 Å². The molecule has 108 valence electrons. The lowest BCUT2D eigenvalue weighted by Gasteiger charge is -2.37. The fraction of sp³-hybridized carbons (Fsp3) is 0.312. The Labute approximate surface area is 138 Å². The van der Waals surface area contributed by atoms with Gasteiger partial charge in [0.05, 0.1) is 6.04 Å². The highest BCUT2D eigenvalue weighted by Crippen LogP contribution is 2.50. The second-order valence-corrected chi connectivity index (χ2v) is 8.37. The number of thioether (sulfide) groups is 2. The molecule has 2 heterocycles. The average molecular weight is 333 g/mol. The largest absolute Gasteiger partial charge is 0.352 e. The van der Waals surface area contributed by atoms with Gasteiger partial charge in [0, 0.05) is 15.0 Å². The lowest BCUT2D eigenvalue weighted by molar-refractivity contribution is 0.607. The van der Waals surface area contributed by atoms with E-state index < -0.39 is 0 Å². The molecular formula is C16H16N2S3. The van der Waals surface area contributed by atoms with Gasteiger partial charge in [-0.15, -0.1) is 23.5 Å². The molecule has 1 saturated heterocycles. The van der Waals surface area contributed by atoms with E-state index in [0.29, 0.717) is 0 Å². The van der Waals surface area contributed by atoms with E-state index in [0.717, 1.165) is 11.5 Å². The van der Waals surface area contributed by atoms with Crippen molar-refractivity contribution in [1.29, 1.82) is 0 Å². The van der Waals surface area contributed by atoms with Crippen molar-refractivity contribution >= 4 is 40.9 Å². The molecule has 1 aromatic carbocycles. The van der Waals surface area contributed by atoms with Gasteiger partial charge in [0.25, 0.3) is 0 Å². The second-order valence-electron chi connectivity index (χ2n) is 5.37. The maximum atomic E-state index is 5.45. The first-order valence-electron chi connectivity index (χ1n) is 7.17. The van der Waals surface area contributed by atoms with Crippen molar-refractivity contribution in [3.05, 3.63) is 57.0 Å². The molecule has 21 heavy (non-hydrogen) atoms. The number of benzene rings is 1. The lowest BCUT2D eigenvalue weighted by atomic mass is 9.84. The van der Waals surface area contributed by atoms with Gasteiger partial charge in [-0.05, 0) is 48.2 Å². The first kappa shape index (κ1) is 13.7. The molecule has 1 unspecified atom stereocenters. The van der Waals surface area contributed by atoms with Crippen LogP contribution in [0.3, 0.4) is 0 Å². The van der Waals surface area contributed by atoms with Crippen LogP contribution in [0.1, 0.15) is 30.9 Å². The SMILES string of the molecule is S=C1NC2=C(CCCC2=C2SCS2)C(c2ccccc2)N1. The van der Waals surface area contributed by atoms with E-state index in [1.807, 2.05) is 23.5 Å². The number of thiocarbonyl (C=S) groups is 1. The lowest BCUT2D eigenvalue weighted by Crippen LogP contribution is -2.45. The predicted molar refractivity (Wildman–Crippen MR) is 96.0 cm³/mol. The summed E-state index contributed by atoms with van der Waals surface area (Å²) in [7, 11) is 0. The number of allylic oxidation sites excluding steroid dienone is 1. The van der Waals surface area contributed by atoms with E-state index in [2.05, 4.69) is 41.0 Å². The van der Waals surface area contributed by atoms with Crippen molar-refractivity contribution in [1.82, 2.24) is 10.6 Å². The maximum absolute atomic E-state index is 5.45. The minimum absolute atomic E-state index is 0.223. The van der Waals surface area contributed by atoms with Crippen LogP contribution in [0.5, 0.6) is 0 Å². The molecule has 1 atom stereocenters. The van der Waals surface area contributed by atoms with Gasteiger partial charge in [-0.1, -0.05) is 30.3 Å². The first-order valence-corrected chi connectivity index (χ1v) is 9.55. The van der Waals surface area contributed by atoms with Crippen LogP contribution in [0, 0.1) is 0 Å². The normalized spacial score (nSPS) is 25.0. The van der Waals surface area contributed by atoms with Gasteiger partial charge in [0.1, 0.15) is 0 Å². The van der Waals surface area contributed by atoms with Gasteiger partial charge in [-0.25, -0.2) is 0 Å². The van der Waals surface area contributed by atoms with Gasteiger partial charge in [-0.2, -0.15) is 0 Å². The van der Waals surface area contributed by atoms with E-state index in [1.54, 1.807) is 0 Å². The number of rotatable bonds is 1. The zero-order valence-corrected chi connectivity index (χ0v) is 14.0. The smallest absolute Gasteiger partial charge is 0.171 e. The summed E-state index contributed by atoms with van der Waals surface area (Å²) in [6.07, 6.45) is 3.55. The molecule has 5 heteroatoms. The van der Waals surface area contributed by atoms with Gasteiger partial charge in [0.15, 0.2) is 5.11 Å². The Hall–Kier alpha value is -0.910. The zero-order valence-electron chi connectivity index (χ0n) is 11.5. The highest BCUT2D eigenvalue weighted by molar-refractivity contribution is 8.37. The Kier molecular flexibility index (Phi) is 3.73. The molecule has 1 aromatic rings.